The molecule has 18 heavy (non-hydrogen) atoms. The van der Waals surface area contributed by atoms with Crippen molar-refractivity contribution in [2.75, 3.05) is 6.54 Å². The van der Waals surface area contributed by atoms with E-state index in [1.54, 1.807) is 12.1 Å². The van der Waals surface area contributed by atoms with Crippen molar-refractivity contribution in [3.05, 3.63) is 29.8 Å². The van der Waals surface area contributed by atoms with E-state index in [-0.39, 0.29) is 24.1 Å². The standard InChI is InChI=1S/C14H21NO2.ClH/c15-10-13(11-4-6-12(16)7-5-11)14(17)8-2-1-3-9-14;/h4-7,13,16-17H,1-3,8-10,15H2;1H. The van der Waals surface area contributed by atoms with Crippen LogP contribution in [0.25, 0.3) is 0 Å². The fourth-order valence-electron chi connectivity index (χ4n) is 2.88. The molecule has 102 valence electrons. The zero-order valence-electron chi connectivity index (χ0n) is 10.5. The quantitative estimate of drug-likeness (QED) is 0.792. The summed E-state index contributed by atoms with van der Waals surface area (Å²) < 4.78 is 0. The van der Waals surface area contributed by atoms with E-state index in [1.165, 1.54) is 6.42 Å². The van der Waals surface area contributed by atoms with E-state index >= 15 is 0 Å². The first kappa shape index (κ1) is 15.3. The van der Waals surface area contributed by atoms with E-state index in [9.17, 15) is 10.2 Å². The summed E-state index contributed by atoms with van der Waals surface area (Å²) in [5.41, 5.74) is 6.20. The molecule has 1 aromatic rings. The summed E-state index contributed by atoms with van der Waals surface area (Å²) in [6, 6.07) is 7.03. The molecule has 4 N–H and O–H groups in total. The molecule has 0 bridgehead atoms. The molecule has 0 spiro atoms. The number of rotatable bonds is 3. The van der Waals surface area contributed by atoms with Gasteiger partial charge in [0.2, 0.25) is 0 Å². The lowest BCUT2D eigenvalue weighted by molar-refractivity contribution is -0.0194. The average molecular weight is 272 g/mol. The van der Waals surface area contributed by atoms with Crippen LogP contribution in [0, 0.1) is 0 Å². The lowest BCUT2D eigenvalue weighted by Crippen LogP contribution is -2.41. The van der Waals surface area contributed by atoms with E-state index in [2.05, 4.69) is 0 Å². The molecule has 0 amide bonds. The van der Waals surface area contributed by atoms with Crippen molar-refractivity contribution >= 4 is 12.4 Å². The van der Waals surface area contributed by atoms with Crippen molar-refractivity contribution in [1.29, 1.82) is 0 Å². The van der Waals surface area contributed by atoms with Crippen LogP contribution >= 0.6 is 12.4 Å². The molecule has 1 fully saturated rings. The van der Waals surface area contributed by atoms with Gasteiger partial charge in [-0.15, -0.1) is 12.4 Å². The Morgan fingerprint density at radius 3 is 2.17 bits per heavy atom. The molecule has 1 aliphatic rings. The summed E-state index contributed by atoms with van der Waals surface area (Å²) in [6.45, 7) is 0.446. The molecule has 1 unspecified atom stereocenters. The number of hydrogen-bond acceptors (Lipinski definition) is 3. The van der Waals surface area contributed by atoms with Crippen molar-refractivity contribution in [2.45, 2.75) is 43.6 Å². The summed E-state index contributed by atoms with van der Waals surface area (Å²) >= 11 is 0. The number of benzene rings is 1. The summed E-state index contributed by atoms with van der Waals surface area (Å²) in [5, 5.41) is 20.0. The van der Waals surface area contributed by atoms with Gasteiger partial charge in [0.05, 0.1) is 5.60 Å². The second-order valence-electron chi connectivity index (χ2n) is 5.04. The predicted molar refractivity (Wildman–Crippen MR) is 75.2 cm³/mol. The zero-order valence-corrected chi connectivity index (χ0v) is 11.3. The molecule has 2 rings (SSSR count). The highest BCUT2D eigenvalue weighted by molar-refractivity contribution is 5.85. The minimum Gasteiger partial charge on any atom is -0.508 e. The maximum Gasteiger partial charge on any atom is 0.115 e. The largest absolute Gasteiger partial charge is 0.508 e. The molecule has 0 radical (unpaired) electrons. The van der Waals surface area contributed by atoms with Crippen LogP contribution < -0.4 is 5.73 Å². The molecule has 0 heterocycles. The summed E-state index contributed by atoms with van der Waals surface area (Å²) in [7, 11) is 0. The molecule has 0 saturated heterocycles. The first-order valence-electron chi connectivity index (χ1n) is 6.37. The second-order valence-corrected chi connectivity index (χ2v) is 5.04. The first-order valence-corrected chi connectivity index (χ1v) is 6.37. The van der Waals surface area contributed by atoms with Crippen LogP contribution in [0.5, 0.6) is 5.75 Å². The van der Waals surface area contributed by atoms with Crippen molar-refractivity contribution < 1.29 is 10.2 Å². The van der Waals surface area contributed by atoms with Gasteiger partial charge in [-0.1, -0.05) is 31.4 Å². The van der Waals surface area contributed by atoms with Crippen molar-refractivity contribution in [2.24, 2.45) is 5.73 Å². The third-order valence-corrected chi connectivity index (χ3v) is 3.90. The zero-order chi connectivity index (χ0) is 12.3. The Labute approximate surface area is 114 Å². The maximum atomic E-state index is 10.7. The fraction of sp³-hybridized carbons (Fsp3) is 0.571. The maximum absolute atomic E-state index is 10.7. The Morgan fingerprint density at radius 2 is 1.67 bits per heavy atom. The fourth-order valence-corrected chi connectivity index (χ4v) is 2.88. The van der Waals surface area contributed by atoms with Crippen LogP contribution in [0.4, 0.5) is 0 Å². The molecule has 3 nitrogen and oxygen atoms in total. The molecular weight excluding hydrogens is 250 g/mol. The number of aliphatic hydroxyl groups is 1. The van der Waals surface area contributed by atoms with Gasteiger partial charge in [-0.25, -0.2) is 0 Å². The van der Waals surface area contributed by atoms with Gasteiger partial charge in [0.15, 0.2) is 0 Å². The topological polar surface area (TPSA) is 66.5 Å². The van der Waals surface area contributed by atoms with E-state index in [0.717, 1.165) is 31.2 Å². The predicted octanol–water partition coefficient (Wildman–Crippen LogP) is 2.55. The van der Waals surface area contributed by atoms with Gasteiger partial charge in [0, 0.05) is 12.5 Å². The molecule has 1 aromatic carbocycles. The minimum absolute atomic E-state index is 0. The Kier molecular flexibility index (Phi) is 5.45. The Morgan fingerprint density at radius 1 is 1.11 bits per heavy atom. The third-order valence-electron chi connectivity index (χ3n) is 3.90. The normalized spacial score (nSPS) is 19.9. The summed E-state index contributed by atoms with van der Waals surface area (Å²) in [4.78, 5) is 0. The average Bonchev–Trinajstić information content (AvgIpc) is 2.33. The minimum atomic E-state index is -0.663. The van der Waals surface area contributed by atoms with Gasteiger partial charge in [0.25, 0.3) is 0 Å². The molecule has 0 aliphatic heterocycles. The smallest absolute Gasteiger partial charge is 0.115 e. The van der Waals surface area contributed by atoms with Crippen LogP contribution in [-0.4, -0.2) is 22.4 Å². The van der Waals surface area contributed by atoms with Crippen LogP contribution in [0.2, 0.25) is 0 Å². The first-order chi connectivity index (χ1) is 8.15. The van der Waals surface area contributed by atoms with Gasteiger partial charge in [0.1, 0.15) is 5.75 Å². The number of aromatic hydroxyl groups is 1. The molecule has 0 aromatic heterocycles. The third kappa shape index (κ3) is 3.16. The van der Waals surface area contributed by atoms with Gasteiger partial charge in [-0.05, 0) is 30.5 Å². The number of phenols is 1. The van der Waals surface area contributed by atoms with Gasteiger partial charge < -0.3 is 15.9 Å². The molecular formula is C14H22ClNO2. The van der Waals surface area contributed by atoms with Crippen molar-refractivity contribution in [3.8, 4) is 5.75 Å². The van der Waals surface area contributed by atoms with Gasteiger partial charge in [-0.3, -0.25) is 0 Å². The van der Waals surface area contributed by atoms with E-state index < -0.39 is 5.60 Å². The number of nitrogens with two attached hydrogens (primary N) is 1. The van der Waals surface area contributed by atoms with Crippen molar-refractivity contribution in [1.82, 2.24) is 0 Å². The lowest BCUT2D eigenvalue weighted by atomic mass is 9.73. The Hall–Kier alpha value is -0.770. The van der Waals surface area contributed by atoms with Gasteiger partial charge >= 0.3 is 0 Å². The SMILES string of the molecule is Cl.NCC(c1ccc(O)cc1)C1(O)CCCCC1. The number of phenolic OH excluding ortho intramolecular Hbond substituents is 1. The lowest BCUT2D eigenvalue weighted by Gasteiger charge is -2.39. The Balaban J connectivity index is 0.00000162. The second kappa shape index (κ2) is 6.41. The number of hydrogen-bond donors (Lipinski definition) is 3. The van der Waals surface area contributed by atoms with Crippen LogP contribution in [0.1, 0.15) is 43.6 Å². The highest BCUT2D eigenvalue weighted by Gasteiger charge is 2.37. The summed E-state index contributed by atoms with van der Waals surface area (Å²) in [6.07, 6.45) is 5.01. The Bertz CT molecular complexity index is 361. The summed E-state index contributed by atoms with van der Waals surface area (Å²) in [5.74, 6) is 0.226. The molecule has 1 aliphatic carbocycles. The van der Waals surface area contributed by atoms with Crippen LogP contribution in [0.15, 0.2) is 24.3 Å². The van der Waals surface area contributed by atoms with Crippen molar-refractivity contribution in [3.63, 3.8) is 0 Å². The van der Waals surface area contributed by atoms with Crippen LogP contribution in [-0.2, 0) is 0 Å². The monoisotopic (exact) mass is 271 g/mol. The highest BCUT2D eigenvalue weighted by atomic mass is 35.5. The molecule has 1 atom stereocenters. The van der Waals surface area contributed by atoms with E-state index in [0.29, 0.717) is 6.54 Å². The number of halogens is 1. The van der Waals surface area contributed by atoms with E-state index in [1.807, 2.05) is 12.1 Å². The molecule has 4 heteroatoms. The van der Waals surface area contributed by atoms with E-state index in [4.69, 9.17) is 5.73 Å². The highest BCUT2D eigenvalue weighted by Crippen LogP contribution is 2.39. The van der Waals surface area contributed by atoms with Crippen LogP contribution in [0.3, 0.4) is 0 Å². The molecule has 1 saturated carbocycles. The van der Waals surface area contributed by atoms with Gasteiger partial charge in [-0.2, -0.15) is 0 Å².